The fourth-order valence-corrected chi connectivity index (χ4v) is 6.92. The molecule has 2 fully saturated rings. The Morgan fingerprint density at radius 3 is 2.50 bits per heavy atom. The quantitative estimate of drug-likeness (QED) is 0.130. The molecule has 3 aromatic rings. The summed E-state index contributed by atoms with van der Waals surface area (Å²) < 4.78 is 34.2. The number of aromatic carboxylic acids is 1. The minimum atomic E-state index is -1.91. The average molecular weight is 744 g/mol. The van der Waals surface area contributed by atoms with E-state index < -0.39 is 88.1 Å². The summed E-state index contributed by atoms with van der Waals surface area (Å²) in [4.78, 5) is 61.2. The second-order valence-corrected chi connectivity index (χ2v) is 13.0. The van der Waals surface area contributed by atoms with Gasteiger partial charge in [-0.25, -0.2) is 33.0 Å². The summed E-state index contributed by atoms with van der Waals surface area (Å²) in [5, 5.41) is 44.3. The number of anilines is 1. The zero-order valence-electron chi connectivity index (χ0n) is 27.3. The SMILES string of the molecule is Nc1cc(CN2CCC(N3CCN(C(=O)NC(C(=O)N[C@H]4Cc5ccc(F)c(C(=O)O)c5OB4O)c4cc(F)c(O)c(O)c4Cl)C3=O)CC2)ccn1. The fourth-order valence-electron chi connectivity index (χ4n) is 6.66. The lowest BCUT2D eigenvalue weighted by molar-refractivity contribution is -0.123. The summed E-state index contributed by atoms with van der Waals surface area (Å²) in [5.41, 5.74) is 5.59. The van der Waals surface area contributed by atoms with Crippen LogP contribution < -0.4 is 21.0 Å². The molecule has 0 radical (unpaired) electrons. The predicted octanol–water partition coefficient (Wildman–Crippen LogP) is 2.00. The summed E-state index contributed by atoms with van der Waals surface area (Å²) >= 11 is 6.20. The molecular weight excluding hydrogens is 711 g/mol. The van der Waals surface area contributed by atoms with Gasteiger partial charge in [0.15, 0.2) is 17.3 Å². The van der Waals surface area contributed by atoms with Crippen LogP contribution in [0, 0.1) is 11.6 Å². The first kappa shape index (κ1) is 36.4. The summed E-state index contributed by atoms with van der Waals surface area (Å²) in [6.45, 7) is 2.15. The number of hydrogen-bond donors (Lipinski definition) is 7. The van der Waals surface area contributed by atoms with Crippen LogP contribution >= 0.6 is 11.6 Å². The van der Waals surface area contributed by atoms with Crippen molar-refractivity contribution in [1.29, 1.82) is 0 Å². The lowest BCUT2D eigenvalue weighted by Crippen LogP contribution is -2.56. The second kappa shape index (κ2) is 14.7. The van der Waals surface area contributed by atoms with Gasteiger partial charge in [0.25, 0.3) is 0 Å². The van der Waals surface area contributed by atoms with E-state index in [2.05, 4.69) is 20.5 Å². The molecule has 2 atom stereocenters. The molecule has 1 aromatic heterocycles. The lowest BCUT2D eigenvalue weighted by atomic mass is 9.72. The van der Waals surface area contributed by atoms with Gasteiger partial charge in [-0.1, -0.05) is 17.7 Å². The zero-order chi connectivity index (χ0) is 37.4. The van der Waals surface area contributed by atoms with Crippen LogP contribution in [0.4, 0.5) is 24.2 Å². The second-order valence-electron chi connectivity index (χ2n) is 12.6. The number of aromatic hydroxyl groups is 2. The molecule has 0 spiro atoms. The Morgan fingerprint density at radius 1 is 1.08 bits per heavy atom. The molecule has 5 amide bonds. The number of nitrogen functional groups attached to an aromatic ring is 1. The van der Waals surface area contributed by atoms with Gasteiger partial charge in [0, 0.05) is 50.5 Å². The molecule has 0 bridgehead atoms. The third kappa shape index (κ3) is 7.19. The molecule has 3 aliphatic heterocycles. The van der Waals surface area contributed by atoms with Gasteiger partial charge in [0.1, 0.15) is 29.0 Å². The number of imide groups is 1. The number of pyridine rings is 1. The third-order valence-corrected chi connectivity index (χ3v) is 9.72. The number of rotatable bonds is 8. The Hall–Kier alpha value is -5.40. The maximum atomic E-state index is 14.7. The van der Waals surface area contributed by atoms with E-state index in [1.807, 2.05) is 6.07 Å². The highest BCUT2D eigenvalue weighted by Gasteiger charge is 2.43. The van der Waals surface area contributed by atoms with Gasteiger partial charge >= 0.3 is 25.1 Å². The van der Waals surface area contributed by atoms with Crippen molar-refractivity contribution >= 4 is 48.5 Å². The number of halogens is 3. The number of nitrogens with zero attached hydrogens (tertiary/aromatic N) is 4. The minimum Gasteiger partial charge on any atom is -0.534 e. The Balaban J connectivity index is 1.17. The molecule has 8 N–H and O–H groups in total. The molecule has 3 aliphatic rings. The number of carboxylic acids is 1. The number of hydrogen-bond acceptors (Lipinski definition) is 11. The van der Waals surface area contributed by atoms with Crippen LogP contribution in [0.3, 0.4) is 0 Å². The molecule has 2 aromatic carbocycles. The molecule has 0 saturated carbocycles. The van der Waals surface area contributed by atoms with E-state index >= 15 is 0 Å². The van der Waals surface area contributed by atoms with Crippen LogP contribution in [0.2, 0.25) is 5.02 Å². The van der Waals surface area contributed by atoms with Crippen LogP contribution in [0.25, 0.3) is 0 Å². The van der Waals surface area contributed by atoms with Gasteiger partial charge < -0.3 is 46.3 Å². The van der Waals surface area contributed by atoms with Crippen LogP contribution in [0.5, 0.6) is 17.2 Å². The van der Waals surface area contributed by atoms with Gasteiger partial charge in [-0.05, 0) is 54.7 Å². The molecule has 4 heterocycles. The summed E-state index contributed by atoms with van der Waals surface area (Å²) in [7, 11) is -1.91. The van der Waals surface area contributed by atoms with E-state index in [1.165, 1.54) is 6.07 Å². The molecule has 52 heavy (non-hydrogen) atoms. The molecule has 2 saturated heterocycles. The number of phenols is 2. The van der Waals surface area contributed by atoms with Crippen LogP contribution in [0.15, 0.2) is 36.5 Å². The van der Waals surface area contributed by atoms with E-state index in [0.717, 1.165) is 16.5 Å². The first-order chi connectivity index (χ1) is 24.7. The van der Waals surface area contributed by atoms with Crippen molar-refractivity contribution in [2.45, 2.75) is 43.8 Å². The topological polar surface area (TPSA) is 231 Å². The van der Waals surface area contributed by atoms with Crippen molar-refractivity contribution in [3.8, 4) is 17.2 Å². The number of amides is 5. The van der Waals surface area contributed by atoms with E-state index in [4.69, 9.17) is 22.0 Å². The van der Waals surface area contributed by atoms with Gasteiger partial charge in [-0.15, -0.1) is 0 Å². The maximum absolute atomic E-state index is 14.7. The number of phenolic OH excluding ortho intramolecular Hbond substituents is 2. The first-order valence-corrected chi connectivity index (χ1v) is 16.5. The average Bonchev–Trinajstić information content (AvgIpc) is 3.49. The number of nitrogens with two attached hydrogens (primary N) is 1. The molecule has 274 valence electrons. The van der Waals surface area contributed by atoms with Gasteiger partial charge in [-0.2, -0.15) is 0 Å². The number of fused-ring (bicyclic) bond motifs is 1. The van der Waals surface area contributed by atoms with Crippen molar-refractivity contribution in [1.82, 2.24) is 30.3 Å². The number of aromatic nitrogens is 1. The minimum absolute atomic E-state index is 0.0487. The summed E-state index contributed by atoms with van der Waals surface area (Å²) in [6, 6.07) is 2.60. The van der Waals surface area contributed by atoms with Crippen molar-refractivity contribution in [2.24, 2.45) is 0 Å². The Kier molecular flexibility index (Phi) is 10.3. The Morgan fingerprint density at radius 2 is 1.81 bits per heavy atom. The normalized spacial score (nSPS) is 18.5. The number of piperidine rings is 1. The summed E-state index contributed by atoms with van der Waals surface area (Å²) in [5.74, 6) is -8.94. The number of carbonyl (C=O) groups excluding carboxylic acids is 3. The molecule has 0 aliphatic carbocycles. The van der Waals surface area contributed by atoms with Gasteiger partial charge in [0.2, 0.25) is 5.91 Å². The molecule has 20 heteroatoms. The van der Waals surface area contributed by atoms with Gasteiger partial charge in [-0.3, -0.25) is 9.69 Å². The van der Waals surface area contributed by atoms with Crippen molar-refractivity contribution in [3.05, 3.63) is 75.4 Å². The van der Waals surface area contributed by atoms with E-state index in [1.54, 1.807) is 17.2 Å². The third-order valence-electron chi connectivity index (χ3n) is 9.32. The monoisotopic (exact) mass is 743 g/mol. The fraction of sp³-hybridized carbons (Fsp3) is 0.344. The molecule has 1 unspecified atom stereocenters. The standard InChI is InChI=1S/C32H33BClF2N7O9/c34-24-18(13-20(36)26(44)27(24)45)25(29(46)39-21-12-16-1-2-19(35)23(30(47)48)28(16)52-33(21)51)40-31(49)43-10-9-42(32(43)50)17-4-7-41(8-5-17)14-15-3-6-38-22(37)11-15/h1-3,6,11,13,17,21,25,44-45,51H,4-5,7-10,12,14H2,(H2,37,38)(H,39,46)(H,40,49)(H,47,48)/t21-,25?/m0/s1. The largest absolute Gasteiger partial charge is 0.547 e. The van der Waals surface area contributed by atoms with Crippen molar-refractivity contribution < 1.29 is 53.0 Å². The Bertz CT molecular complexity index is 1940. The highest BCUT2D eigenvalue weighted by atomic mass is 35.5. The summed E-state index contributed by atoms with van der Waals surface area (Å²) in [6.07, 6.45) is 2.63. The molecular formula is C32H33BClF2N7O9. The zero-order valence-corrected chi connectivity index (χ0v) is 28.0. The van der Waals surface area contributed by atoms with Crippen LogP contribution in [0.1, 0.15) is 45.9 Å². The predicted molar refractivity (Wildman–Crippen MR) is 179 cm³/mol. The smallest absolute Gasteiger partial charge is 0.534 e. The van der Waals surface area contributed by atoms with Crippen LogP contribution in [-0.2, 0) is 17.8 Å². The number of benzene rings is 2. The van der Waals surface area contributed by atoms with Gasteiger partial charge in [0.05, 0.1) is 11.0 Å². The number of urea groups is 2. The van der Waals surface area contributed by atoms with E-state index in [9.17, 15) is 48.3 Å². The van der Waals surface area contributed by atoms with E-state index in [0.29, 0.717) is 44.4 Å². The number of carbonyl (C=O) groups is 4. The number of likely N-dealkylation sites (tertiary alicyclic amines) is 1. The number of carboxylic acid groups (broad SMARTS) is 1. The highest BCUT2D eigenvalue weighted by molar-refractivity contribution is 6.47. The Labute approximate surface area is 299 Å². The highest BCUT2D eigenvalue weighted by Crippen LogP contribution is 2.41. The van der Waals surface area contributed by atoms with Crippen LogP contribution in [-0.4, -0.2) is 109 Å². The lowest BCUT2D eigenvalue weighted by Gasteiger charge is -2.36. The molecule has 6 rings (SSSR count). The first-order valence-electron chi connectivity index (χ1n) is 16.1. The van der Waals surface area contributed by atoms with E-state index in [-0.39, 0.29) is 31.1 Å². The van der Waals surface area contributed by atoms with Crippen molar-refractivity contribution in [2.75, 3.05) is 31.9 Å². The number of nitrogens with one attached hydrogen (secondary N) is 2. The maximum Gasteiger partial charge on any atom is 0.547 e. The van der Waals surface area contributed by atoms with Crippen molar-refractivity contribution in [3.63, 3.8) is 0 Å². The molecule has 16 nitrogen and oxygen atoms in total.